The molecule has 1 N–H and O–H groups in total. The summed E-state index contributed by atoms with van der Waals surface area (Å²) in [6.45, 7) is 6.42. The number of nitrogens with zero attached hydrogens (tertiary/aromatic N) is 1. The van der Waals surface area contributed by atoms with E-state index in [0.29, 0.717) is 12.5 Å². The number of carbonyl (C=O) groups is 1. The van der Waals surface area contributed by atoms with Gasteiger partial charge in [-0.25, -0.2) is 4.39 Å². The lowest BCUT2D eigenvalue weighted by Crippen LogP contribution is -2.38. The van der Waals surface area contributed by atoms with Gasteiger partial charge in [0.05, 0.1) is 0 Å². The van der Waals surface area contributed by atoms with Crippen LogP contribution in [-0.4, -0.2) is 29.1 Å². The molecule has 0 aromatic heterocycles. The van der Waals surface area contributed by atoms with Gasteiger partial charge in [-0.15, -0.1) is 0 Å². The second-order valence-electron chi connectivity index (χ2n) is 6.31. The highest BCUT2D eigenvalue weighted by molar-refractivity contribution is 5.67. The minimum absolute atomic E-state index is 0.152. The molecule has 0 saturated carbocycles. The highest BCUT2D eigenvalue weighted by Crippen LogP contribution is 2.27. The van der Waals surface area contributed by atoms with Gasteiger partial charge in [-0.3, -0.25) is 9.69 Å². The molecule has 2 unspecified atom stereocenters. The number of carboxylic acids is 1. The Morgan fingerprint density at radius 3 is 3.00 bits per heavy atom. The molecule has 0 amide bonds. The predicted octanol–water partition coefficient (Wildman–Crippen LogP) is 3.46. The summed E-state index contributed by atoms with van der Waals surface area (Å²) in [5.74, 6) is -0.318. The summed E-state index contributed by atoms with van der Waals surface area (Å²) in [6.07, 6.45) is 2.35. The normalized spacial score (nSPS) is 21.2. The van der Waals surface area contributed by atoms with Gasteiger partial charge in [0, 0.05) is 25.1 Å². The molecule has 0 radical (unpaired) electrons. The fraction of sp³-hybridized carbons (Fsp3) is 0.588. The number of likely N-dealkylation sites (tertiary alicyclic amines) is 1. The van der Waals surface area contributed by atoms with Crippen LogP contribution in [0.4, 0.5) is 4.39 Å². The maximum atomic E-state index is 13.8. The Kier molecular flexibility index (Phi) is 5.34. The Bertz CT molecular complexity index is 504. The van der Waals surface area contributed by atoms with E-state index in [1.807, 2.05) is 19.9 Å². The zero-order chi connectivity index (χ0) is 15.4. The average Bonchev–Trinajstić information content (AvgIpc) is 2.42. The lowest BCUT2D eigenvalue weighted by molar-refractivity contribution is -0.138. The maximum absolute atomic E-state index is 13.8. The van der Waals surface area contributed by atoms with Crippen LogP contribution in [0, 0.1) is 24.6 Å². The molecule has 1 aliphatic heterocycles. The smallest absolute Gasteiger partial charge is 0.303 e. The highest BCUT2D eigenvalue weighted by Gasteiger charge is 2.26. The third kappa shape index (κ3) is 4.53. The number of halogens is 1. The van der Waals surface area contributed by atoms with Crippen molar-refractivity contribution in [2.45, 2.75) is 39.7 Å². The number of aryl methyl sites for hydroxylation is 1. The Balaban J connectivity index is 1.98. The lowest BCUT2D eigenvalue weighted by atomic mass is 9.84. The third-order valence-corrected chi connectivity index (χ3v) is 4.44. The van der Waals surface area contributed by atoms with Gasteiger partial charge < -0.3 is 5.11 Å². The molecule has 0 spiro atoms. The summed E-state index contributed by atoms with van der Waals surface area (Å²) in [6, 6.07) is 5.21. The van der Waals surface area contributed by atoms with Crippen molar-refractivity contribution >= 4 is 5.97 Å². The molecular formula is C17H24FNO2. The molecule has 1 fully saturated rings. The summed E-state index contributed by atoms with van der Waals surface area (Å²) >= 11 is 0. The molecule has 116 valence electrons. The Labute approximate surface area is 125 Å². The van der Waals surface area contributed by atoms with Gasteiger partial charge in [-0.2, -0.15) is 0 Å². The van der Waals surface area contributed by atoms with Crippen LogP contribution >= 0.6 is 0 Å². The van der Waals surface area contributed by atoms with Gasteiger partial charge >= 0.3 is 5.97 Å². The van der Waals surface area contributed by atoms with E-state index in [1.165, 1.54) is 6.07 Å². The largest absolute Gasteiger partial charge is 0.481 e. The standard InChI is InChI=1S/C17H24FNO2/c1-12-5-6-16(18)15(8-12)11-19-7-3-4-14(10-19)13(2)9-17(20)21/h5-6,8,13-14H,3-4,7,9-11H2,1-2H3,(H,20,21). The summed E-state index contributed by atoms with van der Waals surface area (Å²) in [4.78, 5) is 13.1. The molecule has 21 heavy (non-hydrogen) atoms. The van der Waals surface area contributed by atoms with E-state index in [2.05, 4.69) is 4.90 Å². The Morgan fingerprint density at radius 2 is 2.29 bits per heavy atom. The molecular weight excluding hydrogens is 269 g/mol. The zero-order valence-corrected chi connectivity index (χ0v) is 12.8. The van der Waals surface area contributed by atoms with Crippen molar-refractivity contribution in [2.24, 2.45) is 11.8 Å². The molecule has 1 heterocycles. The molecule has 1 aliphatic rings. The molecule has 1 aromatic rings. The van der Waals surface area contributed by atoms with Crippen molar-refractivity contribution in [2.75, 3.05) is 13.1 Å². The average molecular weight is 293 g/mol. The van der Waals surface area contributed by atoms with Gasteiger partial charge in [-0.05, 0) is 44.2 Å². The van der Waals surface area contributed by atoms with E-state index in [-0.39, 0.29) is 18.2 Å². The summed E-state index contributed by atoms with van der Waals surface area (Å²) < 4.78 is 13.8. The second kappa shape index (κ2) is 7.03. The van der Waals surface area contributed by atoms with Crippen LogP contribution in [-0.2, 0) is 11.3 Å². The van der Waals surface area contributed by atoms with E-state index >= 15 is 0 Å². The van der Waals surface area contributed by atoms with E-state index in [4.69, 9.17) is 5.11 Å². The van der Waals surface area contributed by atoms with Gasteiger partial charge in [0.1, 0.15) is 5.82 Å². The summed E-state index contributed by atoms with van der Waals surface area (Å²) in [5.41, 5.74) is 1.81. The number of benzene rings is 1. The quantitative estimate of drug-likeness (QED) is 0.904. The van der Waals surface area contributed by atoms with Crippen LogP contribution in [0.2, 0.25) is 0 Å². The fourth-order valence-corrected chi connectivity index (χ4v) is 3.21. The van der Waals surface area contributed by atoms with Crippen molar-refractivity contribution in [1.82, 2.24) is 4.90 Å². The van der Waals surface area contributed by atoms with Crippen LogP contribution in [0.25, 0.3) is 0 Å². The third-order valence-electron chi connectivity index (χ3n) is 4.44. The lowest BCUT2D eigenvalue weighted by Gasteiger charge is -2.35. The maximum Gasteiger partial charge on any atom is 0.303 e. The van der Waals surface area contributed by atoms with E-state index in [0.717, 1.165) is 37.1 Å². The van der Waals surface area contributed by atoms with Crippen molar-refractivity contribution in [3.8, 4) is 0 Å². The Morgan fingerprint density at radius 1 is 1.52 bits per heavy atom. The molecule has 2 atom stereocenters. The van der Waals surface area contributed by atoms with E-state index in [1.54, 1.807) is 6.07 Å². The topological polar surface area (TPSA) is 40.5 Å². The summed E-state index contributed by atoms with van der Waals surface area (Å²) in [5, 5.41) is 8.92. The first-order valence-corrected chi connectivity index (χ1v) is 7.65. The molecule has 1 aromatic carbocycles. The van der Waals surface area contributed by atoms with Gasteiger partial charge in [0.2, 0.25) is 0 Å². The number of rotatable bonds is 5. The monoisotopic (exact) mass is 293 g/mol. The van der Waals surface area contributed by atoms with E-state index < -0.39 is 5.97 Å². The first-order chi connectivity index (χ1) is 9.95. The Hall–Kier alpha value is -1.42. The SMILES string of the molecule is Cc1ccc(F)c(CN2CCCC(C(C)CC(=O)O)C2)c1. The fourth-order valence-electron chi connectivity index (χ4n) is 3.21. The van der Waals surface area contributed by atoms with Crippen LogP contribution in [0.5, 0.6) is 0 Å². The zero-order valence-electron chi connectivity index (χ0n) is 12.8. The number of hydrogen-bond donors (Lipinski definition) is 1. The van der Waals surface area contributed by atoms with Crippen LogP contribution in [0.3, 0.4) is 0 Å². The van der Waals surface area contributed by atoms with Crippen molar-refractivity contribution in [1.29, 1.82) is 0 Å². The molecule has 0 bridgehead atoms. The van der Waals surface area contributed by atoms with Crippen LogP contribution < -0.4 is 0 Å². The first-order valence-electron chi connectivity index (χ1n) is 7.65. The molecule has 0 aliphatic carbocycles. The van der Waals surface area contributed by atoms with E-state index in [9.17, 15) is 9.18 Å². The van der Waals surface area contributed by atoms with Crippen molar-refractivity contribution < 1.29 is 14.3 Å². The van der Waals surface area contributed by atoms with Crippen LogP contribution in [0.1, 0.15) is 37.3 Å². The van der Waals surface area contributed by atoms with Crippen molar-refractivity contribution in [3.63, 3.8) is 0 Å². The molecule has 1 saturated heterocycles. The minimum Gasteiger partial charge on any atom is -0.481 e. The number of hydrogen-bond acceptors (Lipinski definition) is 2. The number of aliphatic carboxylic acids is 1. The molecule has 4 heteroatoms. The molecule has 3 nitrogen and oxygen atoms in total. The highest BCUT2D eigenvalue weighted by atomic mass is 19.1. The van der Waals surface area contributed by atoms with Gasteiger partial charge in [-0.1, -0.05) is 24.6 Å². The number of piperidine rings is 1. The predicted molar refractivity (Wildman–Crippen MR) is 80.6 cm³/mol. The van der Waals surface area contributed by atoms with Gasteiger partial charge in [0.15, 0.2) is 0 Å². The number of carboxylic acid groups (broad SMARTS) is 1. The molecule has 2 rings (SSSR count). The van der Waals surface area contributed by atoms with Crippen molar-refractivity contribution in [3.05, 3.63) is 35.1 Å². The van der Waals surface area contributed by atoms with Crippen LogP contribution in [0.15, 0.2) is 18.2 Å². The second-order valence-corrected chi connectivity index (χ2v) is 6.31. The van der Waals surface area contributed by atoms with Gasteiger partial charge in [0.25, 0.3) is 0 Å². The minimum atomic E-state index is -0.732. The summed E-state index contributed by atoms with van der Waals surface area (Å²) in [7, 11) is 0. The first kappa shape index (κ1) is 16.0.